The first-order valence-electron chi connectivity index (χ1n) is 5.80. The number of nitrogens with one attached hydrogen (secondary N) is 1. The predicted octanol–water partition coefficient (Wildman–Crippen LogP) is 3.06. The highest BCUT2D eigenvalue weighted by atomic mass is 35.5. The van der Waals surface area contributed by atoms with Gasteiger partial charge in [-0.3, -0.25) is 0 Å². The molecule has 0 saturated heterocycles. The van der Waals surface area contributed by atoms with Crippen molar-refractivity contribution in [1.29, 1.82) is 0 Å². The lowest BCUT2D eigenvalue weighted by Crippen LogP contribution is -2.30. The second-order valence-corrected chi connectivity index (χ2v) is 5.36. The summed E-state index contributed by atoms with van der Waals surface area (Å²) in [5.41, 5.74) is 7.21. The van der Waals surface area contributed by atoms with Crippen molar-refractivity contribution in [2.45, 2.75) is 19.9 Å². The molecular weight excluding hydrogens is 268 g/mol. The molecule has 1 rings (SSSR count). The summed E-state index contributed by atoms with van der Waals surface area (Å²) < 4.78 is 5.19. The number of anilines is 1. The molecule has 0 spiro atoms. The van der Waals surface area contributed by atoms with Gasteiger partial charge in [0.1, 0.15) is 4.99 Å². The van der Waals surface area contributed by atoms with Gasteiger partial charge in [-0.05, 0) is 24.1 Å². The molecule has 100 valence electrons. The van der Waals surface area contributed by atoms with E-state index in [2.05, 4.69) is 19.2 Å². The third kappa shape index (κ3) is 4.12. The van der Waals surface area contributed by atoms with E-state index in [1.54, 1.807) is 7.11 Å². The van der Waals surface area contributed by atoms with E-state index in [-0.39, 0.29) is 6.04 Å². The molecule has 0 aromatic heterocycles. The van der Waals surface area contributed by atoms with Crippen LogP contribution in [0.15, 0.2) is 18.2 Å². The largest absolute Gasteiger partial charge is 0.389 e. The van der Waals surface area contributed by atoms with E-state index in [1.807, 2.05) is 18.2 Å². The van der Waals surface area contributed by atoms with Gasteiger partial charge < -0.3 is 15.8 Å². The van der Waals surface area contributed by atoms with Crippen LogP contribution in [0.5, 0.6) is 0 Å². The molecule has 0 aliphatic carbocycles. The number of methoxy groups -OCH3 is 1. The smallest absolute Gasteiger partial charge is 0.105 e. The van der Waals surface area contributed by atoms with E-state index in [0.717, 1.165) is 5.69 Å². The van der Waals surface area contributed by atoms with Gasteiger partial charge in [0.25, 0.3) is 0 Å². The van der Waals surface area contributed by atoms with Gasteiger partial charge in [0.05, 0.1) is 17.7 Å². The van der Waals surface area contributed by atoms with E-state index in [4.69, 9.17) is 34.3 Å². The highest BCUT2D eigenvalue weighted by Crippen LogP contribution is 2.22. The summed E-state index contributed by atoms with van der Waals surface area (Å²) in [5.74, 6) is 0.457. The van der Waals surface area contributed by atoms with E-state index in [0.29, 0.717) is 28.1 Å². The number of benzene rings is 1. The molecule has 0 amide bonds. The monoisotopic (exact) mass is 286 g/mol. The zero-order valence-electron chi connectivity index (χ0n) is 10.9. The quantitative estimate of drug-likeness (QED) is 0.789. The highest BCUT2D eigenvalue weighted by molar-refractivity contribution is 7.80. The van der Waals surface area contributed by atoms with Crippen molar-refractivity contribution < 1.29 is 4.74 Å². The first-order chi connectivity index (χ1) is 8.45. The van der Waals surface area contributed by atoms with Crippen molar-refractivity contribution in [3.63, 3.8) is 0 Å². The molecule has 0 fully saturated rings. The Kier molecular flexibility index (Phi) is 5.85. The van der Waals surface area contributed by atoms with Gasteiger partial charge in [0.15, 0.2) is 0 Å². The third-order valence-corrected chi connectivity index (χ3v) is 3.27. The molecule has 0 saturated carbocycles. The van der Waals surface area contributed by atoms with Crippen molar-refractivity contribution in [2.24, 2.45) is 11.7 Å². The molecule has 0 heterocycles. The maximum absolute atomic E-state index is 6.13. The lowest BCUT2D eigenvalue weighted by Gasteiger charge is -2.23. The fourth-order valence-corrected chi connectivity index (χ4v) is 2.12. The maximum Gasteiger partial charge on any atom is 0.105 e. The summed E-state index contributed by atoms with van der Waals surface area (Å²) in [6, 6.07) is 5.82. The summed E-state index contributed by atoms with van der Waals surface area (Å²) >= 11 is 11.0. The molecule has 3 nitrogen and oxygen atoms in total. The van der Waals surface area contributed by atoms with Gasteiger partial charge >= 0.3 is 0 Å². The standard InChI is InChI=1S/C13H19ClN2OS/c1-8(2)12(7-17-3)16-9-4-5-10(13(15)18)11(14)6-9/h4-6,8,12,16H,7H2,1-3H3,(H2,15,18). The Hall–Kier alpha value is -0.840. The molecule has 1 atom stereocenters. The molecule has 1 aromatic rings. The number of ether oxygens (including phenoxy) is 1. The number of thiocarbonyl (C=S) groups is 1. The predicted molar refractivity (Wildman–Crippen MR) is 81.5 cm³/mol. The Labute approximate surface area is 119 Å². The van der Waals surface area contributed by atoms with Crippen molar-refractivity contribution in [3.05, 3.63) is 28.8 Å². The van der Waals surface area contributed by atoms with E-state index < -0.39 is 0 Å². The van der Waals surface area contributed by atoms with Gasteiger partial charge in [0.2, 0.25) is 0 Å². The SMILES string of the molecule is COCC(Nc1ccc(C(N)=S)c(Cl)c1)C(C)C. The second kappa shape index (κ2) is 6.92. The third-order valence-electron chi connectivity index (χ3n) is 2.74. The van der Waals surface area contributed by atoms with E-state index >= 15 is 0 Å². The minimum atomic E-state index is 0.238. The normalized spacial score (nSPS) is 12.5. The minimum absolute atomic E-state index is 0.238. The van der Waals surface area contributed by atoms with Crippen LogP contribution in [0.3, 0.4) is 0 Å². The zero-order chi connectivity index (χ0) is 13.7. The van der Waals surface area contributed by atoms with Gasteiger partial charge in [-0.1, -0.05) is 37.7 Å². The van der Waals surface area contributed by atoms with Gasteiger partial charge in [-0.2, -0.15) is 0 Å². The number of hydrogen-bond acceptors (Lipinski definition) is 3. The molecule has 0 radical (unpaired) electrons. The van der Waals surface area contributed by atoms with Crippen LogP contribution in [0, 0.1) is 5.92 Å². The Morgan fingerprint density at radius 3 is 2.61 bits per heavy atom. The second-order valence-electron chi connectivity index (χ2n) is 4.51. The Morgan fingerprint density at radius 1 is 1.50 bits per heavy atom. The topological polar surface area (TPSA) is 47.3 Å². The van der Waals surface area contributed by atoms with E-state index in [1.165, 1.54) is 0 Å². The lowest BCUT2D eigenvalue weighted by molar-refractivity contribution is 0.171. The summed E-state index contributed by atoms with van der Waals surface area (Å²) in [5, 5.41) is 3.96. The average molecular weight is 287 g/mol. The van der Waals surface area contributed by atoms with Crippen LogP contribution in [0.4, 0.5) is 5.69 Å². The van der Waals surface area contributed by atoms with Crippen molar-refractivity contribution in [3.8, 4) is 0 Å². The molecule has 0 aliphatic rings. The lowest BCUT2D eigenvalue weighted by atomic mass is 10.0. The maximum atomic E-state index is 6.13. The first kappa shape index (κ1) is 15.2. The Bertz CT molecular complexity index is 423. The molecular formula is C13H19ClN2OS. The molecule has 1 unspecified atom stereocenters. The fourth-order valence-electron chi connectivity index (χ4n) is 1.60. The molecule has 5 heteroatoms. The number of nitrogens with two attached hydrogens (primary N) is 1. The number of halogens is 1. The molecule has 1 aromatic carbocycles. The molecule has 0 bridgehead atoms. The average Bonchev–Trinajstić information content (AvgIpc) is 2.27. The van der Waals surface area contributed by atoms with Crippen LogP contribution in [-0.4, -0.2) is 24.7 Å². The molecule has 3 N–H and O–H groups in total. The van der Waals surface area contributed by atoms with Crippen LogP contribution >= 0.6 is 23.8 Å². The Balaban J connectivity index is 2.84. The molecule has 0 aliphatic heterocycles. The summed E-state index contributed by atoms with van der Waals surface area (Å²) in [4.78, 5) is 0.309. The summed E-state index contributed by atoms with van der Waals surface area (Å²) in [6.45, 7) is 4.93. The van der Waals surface area contributed by atoms with Crippen LogP contribution in [0.1, 0.15) is 19.4 Å². The first-order valence-corrected chi connectivity index (χ1v) is 6.59. The van der Waals surface area contributed by atoms with Crippen molar-refractivity contribution in [2.75, 3.05) is 19.0 Å². The van der Waals surface area contributed by atoms with Crippen LogP contribution < -0.4 is 11.1 Å². The highest BCUT2D eigenvalue weighted by Gasteiger charge is 2.13. The van der Waals surface area contributed by atoms with Crippen molar-refractivity contribution >= 4 is 34.5 Å². The summed E-state index contributed by atoms with van der Waals surface area (Å²) in [6.07, 6.45) is 0. The van der Waals surface area contributed by atoms with Crippen molar-refractivity contribution in [1.82, 2.24) is 0 Å². The number of hydrogen-bond donors (Lipinski definition) is 2. The van der Waals surface area contributed by atoms with Crippen LogP contribution in [-0.2, 0) is 4.74 Å². The van der Waals surface area contributed by atoms with Crippen LogP contribution in [0.2, 0.25) is 5.02 Å². The molecule has 18 heavy (non-hydrogen) atoms. The summed E-state index contributed by atoms with van der Waals surface area (Å²) in [7, 11) is 1.69. The van der Waals surface area contributed by atoms with Gasteiger partial charge in [0, 0.05) is 18.4 Å². The minimum Gasteiger partial charge on any atom is -0.389 e. The van der Waals surface area contributed by atoms with E-state index in [9.17, 15) is 0 Å². The number of rotatable bonds is 6. The fraction of sp³-hybridized carbons (Fsp3) is 0.462. The zero-order valence-corrected chi connectivity index (χ0v) is 12.4. The Morgan fingerprint density at radius 2 is 2.17 bits per heavy atom. The van der Waals surface area contributed by atoms with Gasteiger partial charge in [-0.25, -0.2) is 0 Å². The van der Waals surface area contributed by atoms with Gasteiger partial charge in [-0.15, -0.1) is 0 Å². The van der Waals surface area contributed by atoms with Crippen LogP contribution in [0.25, 0.3) is 0 Å².